The van der Waals surface area contributed by atoms with Crippen LogP contribution in [0.2, 0.25) is 19.6 Å². The molecule has 0 amide bonds. The second-order valence-corrected chi connectivity index (χ2v) is 13.0. The molecule has 0 aliphatic carbocycles. The van der Waals surface area contributed by atoms with Crippen LogP contribution < -0.4 is 0 Å². The third kappa shape index (κ3) is 3.48. The van der Waals surface area contributed by atoms with Gasteiger partial charge in [-0.2, -0.15) is 0 Å². The van der Waals surface area contributed by atoms with Crippen LogP contribution in [0.25, 0.3) is 10.9 Å². The lowest BCUT2D eigenvalue weighted by atomic mass is 10.2. The molecule has 0 saturated carbocycles. The molecule has 0 bridgehead atoms. The molecule has 0 atom stereocenters. The lowest BCUT2D eigenvalue weighted by molar-refractivity contribution is -0.894. The highest BCUT2D eigenvalue weighted by Crippen LogP contribution is 2.21. The van der Waals surface area contributed by atoms with Gasteiger partial charge in [0, 0.05) is 18.0 Å². The Morgan fingerprint density at radius 2 is 1.74 bits per heavy atom. The zero-order valence-electron chi connectivity index (χ0n) is 13.2. The molecule has 19 heavy (non-hydrogen) atoms. The summed E-state index contributed by atoms with van der Waals surface area (Å²) in [6, 6.07) is 11.0. The number of rotatable bonds is 4. The van der Waals surface area contributed by atoms with Gasteiger partial charge in [0.05, 0.1) is 26.0 Å². The summed E-state index contributed by atoms with van der Waals surface area (Å²) in [5.74, 6) is 0. The summed E-state index contributed by atoms with van der Waals surface area (Å²) < 4.78 is 3.43. The maximum Gasteiger partial charge on any atom is 0.119 e. The van der Waals surface area contributed by atoms with Gasteiger partial charge in [0.1, 0.15) is 14.6 Å². The van der Waals surface area contributed by atoms with Gasteiger partial charge >= 0.3 is 0 Å². The highest BCUT2D eigenvalue weighted by Gasteiger charge is 2.27. The number of para-hydroxylation sites is 1. The summed E-state index contributed by atoms with van der Waals surface area (Å²) >= 11 is 0. The molecule has 2 rings (SSSR count). The van der Waals surface area contributed by atoms with E-state index in [1.54, 1.807) is 0 Å². The van der Waals surface area contributed by atoms with E-state index >= 15 is 0 Å². The second kappa shape index (κ2) is 4.80. The van der Waals surface area contributed by atoms with E-state index in [2.05, 4.69) is 75.7 Å². The fraction of sp³-hybridized carbons (Fsp3) is 0.500. The van der Waals surface area contributed by atoms with E-state index < -0.39 is 8.07 Å². The van der Waals surface area contributed by atoms with Crippen LogP contribution in [0.4, 0.5) is 0 Å². The first-order valence-electron chi connectivity index (χ1n) is 7.03. The summed E-state index contributed by atoms with van der Waals surface area (Å²) in [6.07, 6.45) is 1.31. The third-order valence-corrected chi connectivity index (χ3v) is 5.35. The Bertz CT molecular complexity index is 576. The van der Waals surface area contributed by atoms with Crippen molar-refractivity contribution < 1.29 is 4.48 Å². The number of quaternary nitrogens is 1. The smallest absolute Gasteiger partial charge is 0.119 e. The van der Waals surface area contributed by atoms with Crippen molar-refractivity contribution in [3.63, 3.8) is 0 Å². The standard InChI is InChI=1S/C16H27N2Si/c1-17-15(11-14-9-7-8-10-16(14)17)12-18(2,3)13-19(4,5)6/h7-11H,12-13H2,1-6H3/q+1. The van der Waals surface area contributed by atoms with Crippen LogP contribution in [0.3, 0.4) is 0 Å². The first kappa shape index (κ1) is 14.3. The molecule has 1 aromatic carbocycles. The largest absolute Gasteiger partial charge is 0.343 e. The average Bonchev–Trinajstić information content (AvgIpc) is 2.52. The number of hydrogen-bond acceptors (Lipinski definition) is 0. The number of benzene rings is 1. The van der Waals surface area contributed by atoms with Crippen molar-refractivity contribution in [2.75, 3.05) is 20.3 Å². The van der Waals surface area contributed by atoms with Gasteiger partial charge in [-0.1, -0.05) is 37.8 Å². The molecule has 0 aliphatic heterocycles. The minimum atomic E-state index is -1.04. The summed E-state index contributed by atoms with van der Waals surface area (Å²) in [6.45, 7) is 8.47. The number of hydrogen-bond donors (Lipinski definition) is 0. The van der Waals surface area contributed by atoms with Gasteiger partial charge in [-0.25, -0.2) is 0 Å². The van der Waals surface area contributed by atoms with Crippen LogP contribution in [0, 0.1) is 0 Å². The van der Waals surface area contributed by atoms with Crippen molar-refractivity contribution in [3.8, 4) is 0 Å². The fourth-order valence-electron chi connectivity index (χ4n) is 3.28. The van der Waals surface area contributed by atoms with E-state index in [9.17, 15) is 0 Å². The van der Waals surface area contributed by atoms with Crippen LogP contribution in [-0.4, -0.2) is 37.4 Å². The highest BCUT2D eigenvalue weighted by molar-refractivity contribution is 6.75. The van der Waals surface area contributed by atoms with Crippen LogP contribution >= 0.6 is 0 Å². The number of aryl methyl sites for hydroxylation is 1. The quantitative estimate of drug-likeness (QED) is 0.593. The summed E-state index contributed by atoms with van der Waals surface area (Å²) in [4.78, 5) is 0. The molecule has 0 radical (unpaired) electrons. The molecule has 1 aromatic heterocycles. The molecule has 2 aromatic rings. The Hall–Kier alpha value is -1.06. The van der Waals surface area contributed by atoms with Gasteiger partial charge in [0.2, 0.25) is 0 Å². The van der Waals surface area contributed by atoms with Crippen molar-refractivity contribution in [3.05, 3.63) is 36.0 Å². The van der Waals surface area contributed by atoms with E-state index in [0.29, 0.717) is 0 Å². The molecule has 2 nitrogen and oxygen atoms in total. The normalized spacial score (nSPS) is 13.2. The predicted molar refractivity (Wildman–Crippen MR) is 86.9 cm³/mol. The molecule has 0 N–H and O–H groups in total. The zero-order chi connectivity index (χ0) is 14.3. The van der Waals surface area contributed by atoms with Gasteiger partial charge in [0.25, 0.3) is 0 Å². The molecule has 1 heterocycles. The maximum absolute atomic E-state index is 2.45. The lowest BCUT2D eigenvalue weighted by Crippen LogP contribution is -2.50. The van der Waals surface area contributed by atoms with Crippen molar-refractivity contribution in [1.29, 1.82) is 0 Å². The molecular weight excluding hydrogens is 248 g/mol. The summed E-state index contributed by atoms with van der Waals surface area (Å²) in [5.41, 5.74) is 2.77. The fourth-order valence-corrected chi connectivity index (χ4v) is 5.96. The zero-order valence-corrected chi connectivity index (χ0v) is 14.2. The van der Waals surface area contributed by atoms with Gasteiger partial charge in [-0.05, 0) is 12.1 Å². The molecular formula is C16H27N2Si+. The Morgan fingerprint density at radius 1 is 1.11 bits per heavy atom. The summed E-state index contributed by atoms with van der Waals surface area (Å²) in [5, 5.41) is 1.35. The van der Waals surface area contributed by atoms with Gasteiger partial charge in [-0.15, -0.1) is 0 Å². The van der Waals surface area contributed by atoms with E-state index in [1.165, 1.54) is 22.8 Å². The highest BCUT2D eigenvalue weighted by atomic mass is 28.3. The van der Waals surface area contributed by atoms with E-state index in [1.807, 2.05) is 0 Å². The Morgan fingerprint density at radius 3 is 2.32 bits per heavy atom. The maximum atomic E-state index is 2.45. The van der Waals surface area contributed by atoms with Crippen LogP contribution in [-0.2, 0) is 13.6 Å². The minimum absolute atomic E-state index is 1.04. The monoisotopic (exact) mass is 275 g/mol. The van der Waals surface area contributed by atoms with E-state index in [0.717, 1.165) is 11.0 Å². The number of fused-ring (bicyclic) bond motifs is 1. The van der Waals surface area contributed by atoms with Gasteiger partial charge in [0.15, 0.2) is 0 Å². The Labute approximate surface area is 118 Å². The minimum Gasteiger partial charge on any atom is -0.343 e. The van der Waals surface area contributed by atoms with Crippen LogP contribution in [0.15, 0.2) is 30.3 Å². The van der Waals surface area contributed by atoms with Gasteiger partial charge in [-0.3, -0.25) is 0 Å². The van der Waals surface area contributed by atoms with Crippen LogP contribution in [0.5, 0.6) is 0 Å². The predicted octanol–water partition coefficient (Wildman–Crippen LogP) is 3.63. The third-order valence-electron chi connectivity index (χ3n) is 3.54. The van der Waals surface area contributed by atoms with Crippen molar-refractivity contribution >= 4 is 19.0 Å². The molecule has 0 spiro atoms. The van der Waals surface area contributed by atoms with Crippen molar-refractivity contribution in [2.45, 2.75) is 26.2 Å². The van der Waals surface area contributed by atoms with Crippen molar-refractivity contribution in [2.24, 2.45) is 7.05 Å². The van der Waals surface area contributed by atoms with E-state index in [4.69, 9.17) is 0 Å². The molecule has 0 unspecified atom stereocenters. The van der Waals surface area contributed by atoms with E-state index in [-0.39, 0.29) is 0 Å². The molecule has 0 saturated heterocycles. The van der Waals surface area contributed by atoms with Crippen LogP contribution in [0.1, 0.15) is 5.69 Å². The second-order valence-electron chi connectivity index (χ2n) is 7.57. The Kier molecular flexibility index (Phi) is 3.62. The first-order chi connectivity index (χ1) is 8.68. The van der Waals surface area contributed by atoms with Crippen molar-refractivity contribution in [1.82, 2.24) is 4.57 Å². The average molecular weight is 275 g/mol. The number of aromatic nitrogens is 1. The van der Waals surface area contributed by atoms with Gasteiger partial charge < -0.3 is 9.05 Å². The first-order valence-corrected chi connectivity index (χ1v) is 10.7. The molecule has 0 aliphatic rings. The molecule has 104 valence electrons. The topological polar surface area (TPSA) is 4.93 Å². The molecule has 3 heteroatoms. The molecule has 0 fully saturated rings. The summed E-state index contributed by atoms with van der Waals surface area (Å²) in [7, 11) is 5.86. The number of nitrogens with zero attached hydrogens (tertiary/aromatic N) is 2. The Balaban J connectivity index is 2.28. The lowest BCUT2D eigenvalue weighted by Gasteiger charge is -2.35. The SMILES string of the molecule is Cn1c(C[N+](C)(C)C[Si](C)(C)C)cc2ccccc21.